The van der Waals surface area contributed by atoms with E-state index in [9.17, 15) is 14.7 Å². The van der Waals surface area contributed by atoms with Gasteiger partial charge in [-0.2, -0.15) is 0 Å². The van der Waals surface area contributed by atoms with Crippen LogP contribution in [0.2, 0.25) is 0 Å². The zero-order chi connectivity index (χ0) is 25.2. The van der Waals surface area contributed by atoms with Crippen molar-refractivity contribution in [2.75, 3.05) is 7.05 Å². The number of aryl methyl sites for hydroxylation is 1. The number of rotatable bonds is 14. The summed E-state index contributed by atoms with van der Waals surface area (Å²) in [5.41, 5.74) is 3.31. The lowest BCUT2D eigenvalue weighted by atomic mass is 9.95. The second-order valence-corrected chi connectivity index (χ2v) is 11.3. The predicted molar refractivity (Wildman–Crippen MR) is 147 cm³/mol. The SMILES string of the molecule is CCCCCCC(=O)N(C)Cc1cc(-c2sc(CC(C(=O)O)c3ccccc3)cc2CCC)cs1. The standard InChI is InChI=1S/C29H37NO3S2/c1-4-6-7-11-15-27(31)30(3)19-25-17-23(20-34-25)28-22(12-5-2)16-24(35-28)18-26(29(32)33)21-13-9-8-10-14-21/h8-10,13-14,16-17,20,26H,4-7,11-12,15,18-19H2,1-3H3,(H,32,33). The van der Waals surface area contributed by atoms with Crippen molar-refractivity contribution >= 4 is 34.6 Å². The number of hydrogen-bond donors (Lipinski definition) is 1. The topological polar surface area (TPSA) is 57.6 Å². The highest BCUT2D eigenvalue weighted by Gasteiger charge is 2.23. The van der Waals surface area contributed by atoms with Gasteiger partial charge in [-0.25, -0.2) is 0 Å². The van der Waals surface area contributed by atoms with Crippen molar-refractivity contribution in [2.45, 2.75) is 77.7 Å². The van der Waals surface area contributed by atoms with Crippen LogP contribution < -0.4 is 0 Å². The molecule has 6 heteroatoms. The Labute approximate surface area is 217 Å². The number of carboxylic acids is 1. The fourth-order valence-electron chi connectivity index (χ4n) is 4.32. The third-order valence-corrected chi connectivity index (χ3v) is 8.43. The summed E-state index contributed by atoms with van der Waals surface area (Å²) in [6.45, 7) is 4.98. The molecular formula is C29H37NO3S2. The zero-order valence-electron chi connectivity index (χ0n) is 21.1. The molecule has 0 aliphatic heterocycles. The molecule has 0 saturated carbocycles. The Morgan fingerprint density at radius 2 is 1.77 bits per heavy atom. The Kier molecular flexibility index (Phi) is 10.5. The third kappa shape index (κ3) is 7.77. The Morgan fingerprint density at radius 3 is 2.46 bits per heavy atom. The van der Waals surface area contributed by atoms with E-state index in [1.54, 1.807) is 22.7 Å². The molecule has 0 spiro atoms. The number of carboxylic acid groups (broad SMARTS) is 1. The first-order chi connectivity index (χ1) is 16.9. The highest BCUT2D eigenvalue weighted by molar-refractivity contribution is 7.16. The minimum atomic E-state index is -0.789. The summed E-state index contributed by atoms with van der Waals surface area (Å²) in [5, 5.41) is 12.0. The number of thiophene rings is 2. The maximum absolute atomic E-state index is 12.5. The van der Waals surface area contributed by atoms with E-state index in [2.05, 4.69) is 31.4 Å². The van der Waals surface area contributed by atoms with Gasteiger partial charge in [-0.1, -0.05) is 69.9 Å². The van der Waals surface area contributed by atoms with Crippen molar-refractivity contribution in [1.82, 2.24) is 4.90 Å². The molecule has 0 radical (unpaired) electrons. The van der Waals surface area contributed by atoms with Crippen LogP contribution in [0.15, 0.2) is 47.8 Å². The number of carbonyl (C=O) groups excluding carboxylic acids is 1. The Hall–Kier alpha value is -2.44. The molecule has 1 unspecified atom stereocenters. The lowest BCUT2D eigenvalue weighted by Crippen LogP contribution is -2.25. The van der Waals surface area contributed by atoms with E-state index in [1.165, 1.54) is 33.7 Å². The summed E-state index contributed by atoms with van der Waals surface area (Å²) in [5.74, 6) is -1.13. The molecule has 188 valence electrons. The molecule has 0 saturated heterocycles. The summed E-state index contributed by atoms with van der Waals surface area (Å²) in [7, 11) is 1.89. The molecule has 0 aliphatic carbocycles. The molecule has 0 bridgehead atoms. The number of nitrogens with zero attached hydrogens (tertiary/aromatic N) is 1. The Bertz CT molecular complexity index is 1090. The minimum absolute atomic E-state index is 0.210. The van der Waals surface area contributed by atoms with E-state index in [-0.39, 0.29) is 5.91 Å². The molecule has 1 aromatic carbocycles. The van der Waals surface area contributed by atoms with Crippen LogP contribution in [0.5, 0.6) is 0 Å². The van der Waals surface area contributed by atoms with Crippen LogP contribution in [0, 0.1) is 0 Å². The first-order valence-electron chi connectivity index (χ1n) is 12.6. The Morgan fingerprint density at radius 1 is 1.00 bits per heavy atom. The fourth-order valence-corrected chi connectivity index (χ4v) is 6.56. The van der Waals surface area contributed by atoms with E-state index in [1.807, 2.05) is 42.3 Å². The summed E-state index contributed by atoms with van der Waals surface area (Å²) < 4.78 is 0. The lowest BCUT2D eigenvalue weighted by molar-refractivity contribution is -0.138. The van der Waals surface area contributed by atoms with Crippen molar-refractivity contribution in [2.24, 2.45) is 0 Å². The van der Waals surface area contributed by atoms with Crippen LogP contribution in [0.3, 0.4) is 0 Å². The molecule has 2 aromatic heterocycles. The maximum atomic E-state index is 12.5. The lowest BCUT2D eigenvalue weighted by Gasteiger charge is -2.16. The average Bonchev–Trinajstić information content (AvgIpc) is 3.47. The van der Waals surface area contributed by atoms with Gasteiger partial charge >= 0.3 is 5.97 Å². The van der Waals surface area contributed by atoms with Gasteiger partial charge in [0.05, 0.1) is 12.5 Å². The second-order valence-electron chi connectivity index (χ2n) is 9.18. The van der Waals surface area contributed by atoms with E-state index >= 15 is 0 Å². The molecule has 2 heterocycles. The predicted octanol–water partition coefficient (Wildman–Crippen LogP) is 7.77. The molecule has 4 nitrogen and oxygen atoms in total. The second kappa shape index (κ2) is 13.6. The van der Waals surface area contributed by atoms with E-state index in [0.29, 0.717) is 19.4 Å². The van der Waals surface area contributed by atoms with Crippen LogP contribution in [-0.4, -0.2) is 28.9 Å². The molecule has 3 rings (SSSR count). The quantitative estimate of drug-likeness (QED) is 0.225. The number of amides is 1. The maximum Gasteiger partial charge on any atom is 0.311 e. The largest absolute Gasteiger partial charge is 0.481 e. The number of hydrogen-bond acceptors (Lipinski definition) is 4. The number of benzene rings is 1. The van der Waals surface area contributed by atoms with Crippen molar-refractivity contribution in [3.8, 4) is 10.4 Å². The summed E-state index contributed by atoms with van der Waals surface area (Å²) in [4.78, 5) is 29.9. The van der Waals surface area contributed by atoms with Crippen LogP contribution in [0.4, 0.5) is 0 Å². The van der Waals surface area contributed by atoms with Gasteiger partial charge in [0.15, 0.2) is 0 Å². The van der Waals surface area contributed by atoms with Crippen molar-refractivity contribution in [3.63, 3.8) is 0 Å². The van der Waals surface area contributed by atoms with Crippen molar-refractivity contribution in [3.05, 3.63) is 68.7 Å². The molecule has 1 N–H and O–H groups in total. The third-order valence-electron chi connectivity index (χ3n) is 6.26. The van der Waals surface area contributed by atoms with E-state index in [0.717, 1.165) is 36.1 Å². The molecule has 0 fully saturated rings. The summed E-state index contributed by atoms with van der Waals surface area (Å²) >= 11 is 3.40. The number of aliphatic carboxylic acids is 1. The van der Waals surface area contributed by atoms with Crippen molar-refractivity contribution < 1.29 is 14.7 Å². The van der Waals surface area contributed by atoms with Gasteiger partial charge < -0.3 is 10.0 Å². The summed E-state index contributed by atoms with van der Waals surface area (Å²) in [6, 6.07) is 13.9. The fraction of sp³-hybridized carbons (Fsp3) is 0.448. The van der Waals surface area contributed by atoms with Gasteiger partial charge in [-0.15, -0.1) is 22.7 Å². The van der Waals surface area contributed by atoms with Gasteiger partial charge in [0.25, 0.3) is 0 Å². The van der Waals surface area contributed by atoms with Gasteiger partial charge in [-0.05, 0) is 47.9 Å². The van der Waals surface area contributed by atoms with Gasteiger partial charge in [0, 0.05) is 33.7 Å². The highest BCUT2D eigenvalue weighted by atomic mass is 32.1. The molecule has 3 aromatic rings. The molecule has 0 aliphatic rings. The molecule has 35 heavy (non-hydrogen) atoms. The van der Waals surface area contributed by atoms with Gasteiger partial charge in [0.1, 0.15) is 0 Å². The molecule has 1 atom stereocenters. The van der Waals surface area contributed by atoms with Crippen LogP contribution >= 0.6 is 22.7 Å². The van der Waals surface area contributed by atoms with Gasteiger partial charge in [-0.3, -0.25) is 9.59 Å². The van der Waals surface area contributed by atoms with E-state index < -0.39 is 11.9 Å². The number of carbonyl (C=O) groups is 2. The van der Waals surface area contributed by atoms with Crippen LogP contribution in [-0.2, 0) is 29.0 Å². The zero-order valence-corrected chi connectivity index (χ0v) is 22.7. The smallest absolute Gasteiger partial charge is 0.311 e. The highest BCUT2D eigenvalue weighted by Crippen LogP contribution is 2.38. The number of unbranched alkanes of at least 4 members (excludes halogenated alkanes) is 3. The first kappa shape index (κ1) is 27.2. The van der Waals surface area contributed by atoms with Crippen LogP contribution in [0.1, 0.15) is 79.2 Å². The average molecular weight is 512 g/mol. The molecular weight excluding hydrogens is 474 g/mol. The monoisotopic (exact) mass is 511 g/mol. The first-order valence-corrected chi connectivity index (χ1v) is 14.3. The van der Waals surface area contributed by atoms with E-state index in [4.69, 9.17) is 0 Å². The van der Waals surface area contributed by atoms with Gasteiger partial charge in [0.2, 0.25) is 5.91 Å². The normalized spacial score (nSPS) is 12.0. The minimum Gasteiger partial charge on any atom is -0.481 e. The van der Waals surface area contributed by atoms with Crippen LogP contribution in [0.25, 0.3) is 10.4 Å². The van der Waals surface area contributed by atoms with Crippen molar-refractivity contribution in [1.29, 1.82) is 0 Å². The Balaban J connectivity index is 1.73. The molecule has 1 amide bonds. The summed E-state index contributed by atoms with van der Waals surface area (Å²) in [6.07, 6.45) is 7.57.